The van der Waals surface area contributed by atoms with E-state index in [1.54, 1.807) is 6.07 Å². The zero-order chi connectivity index (χ0) is 9.90. The van der Waals surface area contributed by atoms with E-state index in [4.69, 9.17) is 5.26 Å². The minimum Gasteiger partial charge on any atom is -0.405 e. The molecule has 0 N–H and O–H groups in total. The summed E-state index contributed by atoms with van der Waals surface area (Å²) in [6.45, 7) is 0. The van der Waals surface area contributed by atoms with Crippen LogP contribution in [0.2, 0.25) is 0 Å². The van der Waals surface area contributed by atoms with Crippen LogP contribution in [-0.2, 0) is 0 Å². The van der Waals surface area contributed by atoms with Crippen LogP contribution in [0.5, 0.6) is 5.75 Å². The van der Waals surface area contributed by atoms with Crippen molar-refractivity contribution in [3.8, 4) is 11.8 Å². The molecule has 0 saturated heterocycles. The minimum atomic E-state index is -4.72. The van der Waals surface area contributed by atoms with E-state index >= 15 is 0 Å². The van der Waals surface area contributed by atoms with Gasteiger partial charge in [-0.1, -0.05) is 0 Å². The molecule has 0 saturated carbocycles. The molecule has 1 rings (SSSR count). The Morgan fingerprint density at radius 3 is 2.46 bits per heavy atom. The Balaban J connectivity index is 2.77. The summed E-state index contributed by atoms with van der Waals surface area (Å²) in [5, 5.41) is 8.33. The smallest absolute Gasteiger partial charge is 0.405 e. The molecule has 67 valence electrons. The molecule has 0 aliphatic rings. The molecule has 1 aromatic carbocycles. The first kappa shape index (κ1) is 9.39. The normalized spacial score (nSPS) is 10.6. The molecule has 13 heavy (non-hydrogen) atoms. The average Bonchev–Trinajstić information content (AvgIpc) is 2.03. The average molecular weight is 186 g/mol. The summed E-state index contributed by atoms with van der Waals surface area (Å²) in [7, 11) is 0. The Bertz CT molecular complexity index is 323. The summed E-state index contributed by atoms with van der Waals surface area (Å²) in [5.41, 5.74) is 0.231. The number of hydrogen-bond donors (Lipinski definition) is 0. The van der Waals surface area contributed by atoms with Crippen LogP contribution in [0.1, 0.15) is 5.56 Å². The molecule has 5 heteroatoms. The molecule has 0 heterocycles. The van der Waals surface area contributed by atoms with Crippen LogP contribution in [0.25, 0.3) is 0 Å². The Morgan fingerprint density at radius 1 is 1.38 bits per heavy atom. The lowest BCUT2D eigenvalue weighted by atomic mass is 10.2. The van der Waals surface area contributed by atoms with Crippen LogP contribution in [0.4, 0.5) is 13.2 Å². The fourth-order valence-corrected chi connectivity index (χ4v) is 0.668. The maximum Gasteiger partial charge on any atom is 0.573 e. The van der Waals surface area contributed by atoms with E-state index in [1.165, 1.54) is 6.07 Å². The van der Waals surface area contributed by atoms with Crippen molar-refractivity contribution in [1.29, 1.82) is 5.26 Å². The van der Waals surface area contributed by atoms with Gasteiger partial charge in [0.1, 0.15) is 5.75 Å². The van der Waals surface area contributed by atoms with Gasteiger partial charge >= 0.3 is 6.36 Å². The molecule has 0 aromatic heterocycles. The molecule has 1 aromatic rings. The molecule has 0 bridgehead atoms. The first-order valence-electron chi connectivity index (χ1n) is 3.19. The second kappa shape index (κ2) is 3.35. The number of nitrogens with zero attached hydrogens (tertiary/aromatic N) is 1. The van der Waals surface area contributed by atoms with E-state index in [0.29, 0.717) is 0 Å². The fourth-order valence-electron chi connectivity index (χ4n) is 0.668. The maximum absolute atomic E-state index is 11.6. The van der Waals surface area contributed by atoms with Crippen molar-refractivity contribution >= 4 is 0 Å². The molecule has 0 aliphatic carbocycles. The van der Waals surface area contributed by atoms with Crippen LogP contribution >= 0.6 is 0 Å². The summed E-state index contributed by atoms with van der Waals surface area (Å²) in [6, 6.07) is 7.31. The highest BCUT2D eigenvalue weighted by Gasteiger charge is 2.30. The minimum absolute atomic E-state index is 0.231. The van der Waals surface area contributed by atoms with Crippen molar-refractivity contribution < 1.29 is 17.9 Å². The standard InChI is InChI=1S/C8H3F3NO/c9-8(10,11)13-7-3-1-6(5-12)2-4-7/h1-3H. The highest BCUT2D eigenvalue weighted by atomic mass is 19.4. The van der Waals surface area contributed by atoms with E-state index in [1.807, 2.05) is 0 Å². The Morgan fingerprint density at radius 2 is 2.08 bits per heavy atom. The maximum atomic E-state index is 11.6. The summed E-state index contributed by atoms with van der Waals surface area (Å²) >= 11 is 0. The van der Waals surface area contributed by atoms with E-state index in [-0.39, 0.29) is 5.56 Å². The van der Waals surface area contributed by atoms with Gasteiger partial charge in [-0.05, 0) is 18.2 Å². The first-order chi connectivity index (χ1) is 6.01. The number of nitriles is 1. The second-order valence-corrected chi connectivity index (χ2v) is 2.10. The number of alkyl halides is 3. The number of rotatable bonds is 1. The number of hydrogen-bond acceptors (Lipinski definition) is 2. The molecule has 1 radical (unpaired) electrons. The zero-order valence-corrected chi connectivity index (χ0v) is 6.22. The number of ether oxygens (including phenoxy) is 1. The Hall–Kier alpha value is -1.70. The Labute approximate surface area is 72.2 Å². The highest BCUT2D eigenvalue weighted by molar-refractivity contribution is 5.33. The molecule has 0 aliphatic heterocycles. The van der Waals surface area contributed by atoms with E-state index in [9.17, 15) is 13.2 Å². The lowest BCUT2D eigenvalue weighted by Gasteiger charge is -2.07. The molecule has 0 unspecified atom stereocenters. The van der Waals surface area contributed by atoms with Crippen molar-refractivity contribution in [2.75, 3.05) is 0 Å². The predicted octanol–water partition coefficient (Wildman–Crippen LogP) is 2.26. The van der Waals surface area contributed by atoms with E-state index < -0.39 is 12.1 Å². The summed E-state index contributed by atoms with van der Waals surface area (Å²) in [4.78, 5) is 0. The second-order valence-electron chi connectivity index (χ2n) is 2.10. The van der Waals surface area contributed by atoms with Gasteiger partial charge in [0.2, 0.25) is 0 Å². The van der Waals surface area contributed by atoms with Gasteiger partial charge in [0.15, 0.2) is 0 Å². The van der Waals surface area contributed by atoms with E-state index in [2.05, 4.69) is 10.8 Å². The molecule has 0 atom stereocenters. The van der Waals surface area contributed by atoms with Crippen molar-refractivity contribution in [3.63, 3.8) is 0 Å². The number of halogens is 3. The first-order valence-corrected chi connectivity index (χ1v) is 3.19. The van der Waals surface area contributed by atoms with Crippen molar-refractivity contribution in [1.82, 2.24) is 0 Å². The van der Waals surface area contributed by atoms with Crippen LogP contribution in [0.15, 0.2) is 18.2 Å². The van der Waals surface area contributed by atoms with Crippen LogP contribution < -0.4 is 4.74 Å². The largest absolute Gasteiger partial charge is 0.573 e. The molecule has 0 fully saturated rings. The van der Waals surface area contributed by atoms with Gasteiger partial charge in [0.25, 0.3) is 0 Å². The summed E-state index contributed by atoms with van der Waals surface area (Å²) in [5.74, 6) is -0.452. The van der Waals surface area contributed by atoms with Crippen molar-refractivity contribution in [2.45, 2.75) is 6.36 Å². The fraction of sp³-hybridized carbons (Fsp3) is 0.125. The lowest BCUT2D eigenvalue weighted by Crippen LogP contribution is -2.17. The molecular weight excluding hydrogens is 183 g/mol. The zero-order valence-electron chi connectivity index (χ0n) is 6.22. The van der Waals surface area contributed by atoms with Crippen LogP contribution in [0, 0.1) is 17.4 Å². The molecule has 0 amide bonds. The van der Waals surface area contributed by atoms with Gasteiger partial charge in [0, 0.05) is 6.07 Å². The monoisotopic (exact) mass is 186 g/mol. The van der Waals surface area contributed by atoms with Gasteiger partial charge in [0.05, 0.1) is 11.6 Å². The number of benzene rings is 1. The predicted molar refractivity (Wildman–Crippen MR) is 36.7 cm³/mol. The van der Waals surface area contributed by atoms with Gasteiger partial charge in [-0.25, -0.2) is 0 Å². The van der Waals surface area contributed by atoms with Crippen molar-refractivity contribution in [3.05, 3.63) is 29.8 Å². The van der Waals surface area contributed by atoms with E-state index in [0.717, 1.165) is 12.1 Å². The molecular formula is C8H3F3NO. The van der Waals surface area contributed by atoms with Gasteiger partial charge in [-0.2, -0.15) is 5.26 Å². The van der Waals surface area contributed by atoms with Crippen LogP contribution in [0.3, 0.4) is 0 Å². The lowest BCUT2D eigenvalue weighted by molar-refractivity contribution is -0.274. The SMILES string of the molecule is N#Cc1c[c]c(OC(F)(F)F)cc1. The van der Waals surface area contributed by atoms with Gasteiger partial charge in [-0.15, -0.1) is 13.2 Å². The third kappa shape index (κ3) is 3.03. The third-order valence-corrected chi connectivity index (χ3v) is 1.14. The highest BCUT2D eigenvalue weighted by Crippen LogP contribution is 2.21. The Kier molecular flexibility index (Phi) is 2.42. The van der Waals surface area contributed by atoms with Crippen molar-refractivity contribution in [2.24, 2.45) is 0 Å². The van der Waals surface area contributed by atoms with Gasteiger partial charge < -0.3 is 4.74 Å². The summed E-state index contributed by atoms with van der Waals surface area (Å²) < 4.78 is 38.4. The summed E-state index contributed by atoms with van der Waals surface area (Å²) in [6.07, 6.45) is -4.72. The topological polar surface area (TPSA) is 33.0 Å². The van der Waals surface area contributed by atoms with Gasteiger partial charge in [-0.3, -0.25) is 0 Å². The third-order valence-electron chi connectivity index (χ3n) is 1.14. The molecule has 2 nitrogen and oxygen atoms in total. The van der Waals surface area contributed by atoms with Crippen LogP contribution in [-0.4, -0.2) is 6.36 Å². The molecule has 0 spiro atoms. The quantitative estimate of drug-likeness (QED) is 0.673.